The Morgan fingerprint density at radius 2 is 1.68 bits per heavy atom. The zero-order valence-electron chi connectivity index (χ0n) is 11.3. The summed E-state index contributed by atoms with van der Waals surface area (Å²) >= 11 is 0. The number of rotatable bonds is 4. The molecule has 0 atom stereocenters. The van der Waals surface area contributed by atoms with Gasteiger partial charge in [0.25, 0.3) is 0 Å². The first-order valence-electron chi connectivity index (χ1n) is 6.79. The second-order valence-electron chi connectivity index (χ2n) is 4.78. The number of carbonyl (C=O) groups is 2. The number of hydrogen-bond donors (Lipinski definition) is 0. The molecule has 1 saturated heterocycles. The first kappa shape index (κ1) is 13.7. The Kier molecular flexibility index (Phi) is 4.68. The minimum absolute atomic E-state index is 0.0177. The van der Waals surface area contributed by atoms with Gasteiger partial charge < -0.3 is 9.80 Å². The minimum Gasteiger partial charge on any atom is -0.340 e. The van der Waals surface area contributed by atoms with Crippen molar-refractivity contribution in [2.24, 2.45) is 0 Å². The SMILES string of the molecule is CCN1CCN(C(=O)CC(=O)c2ccccc2)CC1. The summed E-state index contributed by atoms with van der Waals surface area (Å²) in [7, 11) is 0. The van der Waals surface area contributed by atoms with Crippen molar-refractivity contribution in [3.63, 3.8) is 0 Å². The normalized spacial score (nSPS) is 16.4. The molecule has 1 heterocycles. The molecular formula is C15H20N2O2. The van der Waals surface area contributed by atoms with Gasteiger partial charge in [-0.3, -0.25) is 9.59 Å². The summed E-state index contributed by atoms with van der Waals surface area (Å²) in [6.45, 7) is 6.41. The molecule has 1 aliphatic heterocycles. The first-order chi connectivity index (χ1) is 9.20. The fraction of sp³-hybridized carbons (Fsp3) is 0.467. The van der Waals surface area contributed by atoms with E-state index >= 15 is 0 Å². The molecule has 0 radical (unpaired) electrons. The fourth-order valence-electron chi connectivity index (χ4n) is 2.29. The lowest BCUT2D eigenvalue weighted by Crippen LogP contribution is -2.48. The fourth-order valence-corrected chi connectivity index (χ4v) is 2.29. The molecule has 0 unspecified atom stereocenters. The number of nitrogens with zero attached hydrogens (tertiary/aromatic N) is 2. The highest BCUT2D eigenvalue weighted by Crippen LogP contribution is 2.08. The van der Waals surface area contributed by atoms with E-state index in [0.29, 0.717) is 5.56 Å². The summed E-state index contributed by atoms with van der Waals surface area (Å²) in [5.74, 6) is -0.145. The van der Waals surface area contributed by atoms with Gasteiger partial charge in [-0.2, -0.15) is 0 Å². The first-order valence-corrected chi connectivity index (χ1v) is 6.79. The molecule has 19 heavy (non-hydrogen) atoms. The monoisotopic (exact) mass is 260 g/mol. The van der Waals surface area contributed by atoms with Crippen molar-refractivity contribution in [2.45, 2.75) is 13.3 Å². The minimum atomic E-state index is -0.0940. The zero-order valence-corrected chi connectivity index (χ0v) is 11.3. The summed E-state index contributed by atoms with van der Waals surface area (Å²) in [6.07, 6.45) is -0.0177. The quantitative estimate of drug-likeness (QED) is 0.607. The third-order valence-corrected chi connectivity index (χ3v) is 3.58. The van der Waals surface area contributed by atoms with Gasteiger partial charge in [-0.1, -0.05) is 37.3 Å². The maximum atomic E-state index is 12.1. The average Bonchev–Trinajstić information content (AvgIpc) is 2.48. The van der Waals surface area contributed by atoms with Crippen LogP contribution in [-0.2, 0) is 4.79 Å². The number of Topliss-reactive ketones (excluding diaryl/α,β-unsaturated/α-hetero) is 1. The van der Waals surface area contributed by atoms with Crippen molar-refractivity contribution in [3.8, 4) is 0 Å². The molecule has 0 N–H and O–H groups in total. The van der Waals surface area contributed by atoms with E-state index in [1.54, 1.807) is 17.0 Å². The smallest absolute Gasteiger partial charge is 0.230 e. The topological polar surface area (TPSA) is 40.6 Å². The van der Waals surface area contributed by atoms with Gasteiger partial charge in [0.2, 0.25) is 5.91 Å². The van der Waals surface area contributed by atoms with Gasteiger partial charge in [0.05, 0.1) is 6.42 Å². The van der Waals surface area contributed by atoms with E-state index in [9.17, 15) is 9.59 Å². The maximum Gasteiger partial charge on any atom is 0.230 e. The lowest BCUT2D eigenvalue weighted by atomic mass is 10.1. The van der Waals surface area contributed by atoms with Crippen LogP contribution in [0.1, 0.15) is 23.7 Å². The van der Waals surface area contributed by atoms with Gasteiger partial charge in [-0.25, -0.2) is 0 Å². The number of ketones is 1. The van der Waals surface area contributed by atoms with Crippen LogP contribution in [0.2, 0.25) is 0 Å². The molecule has 1 amide bonds. The second kappa shape index (κ2) is 6.48. The number of likely N-dealkylation sites (N-methyl/N-ethyl adjacent to an activating group) is 1. The Balaban J connectivity index is 1.86. The van der Waals surface area contributed by atoms with Gasteiger partial charge in [0.15, 0.2) is 5.78 Å². The molecule has 4 nitrogen and oxygen atoms in total. The van der Waals surface area contributed by atoms with Gasteiger partial charge in [0.1, 0.15) is 0 Å². The standard InChI is InChI=1S/C15H20N2O2/c1-2-16-8-10-17(11-9-16)15(19)12-14(18)13-6-4-3-5-7-13/h3-7H,2,8-12H2,1H3. The molecule has 0 aliphatic carbocycles. The molecule has 0 aromatic heterocycles. The van der Waals surface area contributed by atoms with Gasteiger partial charge in [-0.15, -0.1) is 0 Å². The van der Waals surface area contributed by atoms with Crippen molar-refractivity contribution in [2.75, 3.05) is 32.7 Å². The molecule has 102 valence electrons. The molecule has 1 aromatic carbocycles. The highest BCUT2D eigenvalue weighted by atomic mass is 16.2. The van der Waals surface area contributed by atoms with Crippen molar-refractivity contribution in [3.05, 3.63) is 35.9 Å². The molecule has 0 spiro atoms. The largest absolute Gasteiger partial charge is 0.340 e. The molecule has 1 fully saturated rings. The predicted octanol–water partition coefficient (Wildman–Crippen LogP) is 1.42. The van der Waals surface area contributed by atoms with Crippen molar-refractivity contribution >= 4 is 11.7 Å². The Hall–Kier alpha value is -1.68. The number of carbonyl (C=O) groups excluding carboxylic acids is 2. The van der Waals surface area contributed by atoms with E-state index in [1.807, 2.05) is 18.2 Å². The Morgan fingerprint density at radius 3 is 2.26 bits per heavy atom. The molecule has 1 aromatic rings. The third-order valence-electron chi connectivity index (χ3n) is 3.58. The van der Waals surface area contributed by atoms with Crippen LogP contribution < -0.4 is 0 Å². The number of piperazine rings is 1. The molecule has 2 rings (SSSR count). The Labute approximate surface area is 114 Å². The third kappa shape index (κ3) is 3.64. The number of amides is 1. The van der Waals surface area contributed by atoms with E-state index in [4.69, 9.17) is 0 Å². The van der Waals surface area contributed by atoms with Crippen LogP contribution in [-0.4, -0.2) is 54.2 Å². The van der Waals surface area contributed by atoms with Crippen LogP contribution in [0.15, 0.2) is 30.3 Å². The summed E-state index contributed by atoms with van der Waals surface area (Å²) in [5.41, 5.74) is 0.614. The summed E-state index contributed by atoms with van der Waals surface area (Å²) in [6, 6.07) is 9.01. The molecule has 0 saturated carbocycles. The van der Waals surface area contributed by atoms with Gasteiger partial charge in [-0.05, 0) is 6.54 Å². The van der Waals surface area contributed by atoms with Crippen LogP contribution >= 0.6 is 0 Å². The number of benzene rings is 1. The van der Waals surface area contributed by atoms with Gasteiger partial charge in [0, 0.05) is 31.7 Å². The maximum absolute atomic E-state index is 12.1. The van der Waals surface area contributed by atoms with Crippen LogP contribution in [0.5, 0.6) is 0 Å². The van der Waals surface area contributed by atoms with E-state index in [2.05, 4.69) is 11.8 Å². The van der Waals surface area contributed by atoms with Gasteiger partial charge >= 0.3 is 0 Å². The lowest BCUT2D eigenvalue weighted by Gasteiger charge is -2.34. The average molecular weight is 260 g/mol. The Bertz CT molecular complexity index is 437. The second-order valence-corrected chi connectivity index (χ2v) is 4.78. The number of hydrogen-bond acceptors (Lipinski definition) is 3. The van der Waals surface area contributed by atoms with Crippen molar-refractivity contribution in [1.29, 1.82) is 0 Å². The van der Waals surface area contributed by atoms with Crippen molar-refractivity contribution in [1.82, 2.24) is 9.80 Å². The van der Waals surface area contributed by atoms with Crippen LogP contribution in [0.4, 0.5) is 0 Å². The summed E-state index contributed by atoms with van der Waals surface area (Å²) < 4.78 is 0. The Morgan fingerprint density at radius 1 is 1.05 bits per heavy atom. The molecular weight excluding hydrogens is 240 g/mol. The molecule has 4 heteroatoms. The van der Waals surface area contributed by atoms with Crippen LogP contribution in [0, 0.1) is 0 Å². The van der Waals surface area contributed by atoms with Crippen LogP contribution in [0.25, 0.3) is 0 Å². The van der Waals surface area contributed by atoms with E-state index in [-0.39, 0.29) is 18.1 Å². The summed E-state index contributed by atoms with van der Waals surface area (Å²) in [4.78, 5) is 28.1. The molecule has 1 aliphatic rings. The zero-order chi connectivity index (χ0) is 13.7. The van der Waals surface area contributed by atoms with E-state index in [0.717, 1.165) is 32.7 Å². The van der Waals surface area contributed by atoms with E-state index in [1.165, 1.54) is 0 Å². The summed E-state index contributed by atoms with van der Waals surface area (Å²) in [5, 5.41) is 0. The van der Waals surface area contributed by atoms with Crippen molar-refractivity contribution < 1.29 is 9.59 Å². The molecule has 0 bridgehead atoms. The predicted molar refractivity (Wildman–Crippen MR) is 74.1 cm³/mol. The highest BCUT2D eigenvalue weighted by Gasteiger charge is 2.22. The highest BCUT2D eigenvalue weighted by molar-refractivity contribution is 6.07. The lowest BCUT2D eigenvalue weighted by molar-refractivity contribution is -0.131. The van der Waals surface area contributed by atoms with E-state index < -0.39 is 0 Å². The van der Waals surface area contributed by atoms with Crippen LogP contribution in [0.3, 0.4) is 0 Å².